The first-order chi connectivity index (χ1) is 33.6. The van der Waals surface area contributed by atoms with E-state index in [1.807, 2.05) is 0 Å². The number of rotatable bonds is 59. The highest BCUT2D eigenvalue weighted by atomic mass is 16.3. The lowest BCUT2D eigenvalue weighted by Crippen LogP contribution is -2.50. The Kier molecular flexibility index (Phi) is 57.9. The number of carbonyl (C=O) groups excluding carboxylic acids is 1. The molecule has 4 N–H and O–H groups in total. The highest BCUT2D eigenvalue weighted by Crippen LogP contribution is 2.19. The van der Waals surface area contributed by atoms with Gasteiger partial charge >= 0.3 is 0 Å². The predicted molar refractivity (Wildman–Crippen MR) is 301 cm³/mol. The van der Waals surface area contributed by atoms with Gasteiger partial charge in [0.25, 0.3) is 0 Å². The Hall–Kier alpha value is -0.910. The first-order valence-corrected chi connectivity index (χ1v) is 31.5. The van der Waals surface area contributed by atoms with Gasteiger partial charge in [-0.2, -0.15) is 0 Å². The lowest BCUT2D eigenvalue weighted by atomic mass is 9.99. The van der Waals surface area contributed by atoms with Gasteiger partial charge in [-0.1, -0.05) is 328 Å². The van der Waals surface area contributed by atoms with Crippen molar-refractivity contribution in [1.29, 1.82) is 0 Å². The zero-order valence-electron chi connectivity index (χ0n) is 46.5. The molecule has 0 aliphatic carbocycles. The van der Waals surface area contributed by atoms with Gasteiger partial charge < -0.3 is 20.6 Å². The van der Waals surface area contributed by atoms with Crippen LogP contribution in [0.25, 0.3) is 0 Å². The number of allylic oxidation sites excluding steroid dienone is 2. The molecule has 0 bridgehead atoms. The van der Waals surface area contributed by atoms with Crippen LogP contribution >= 0.6 is 0 Å². The molecule has 0 radical (unpaired) electrons. The van der Waals surface area contributed by atoms with Crippen molar-refractivity contribution in [3.05, 3.63) is 12.2 Å². The second-order valence-corrected chi connectivity index (χ2v) is 22.0. The van der Waals surface area contributed by atoms with Crippen LogP contribution in [-0.2, 0) is 4.79 Å². The summed E-state index contributed by atoms with van der Waals surface area (Å²) in [5.74, 6) is -0.136. The number of hydrogen-bond acceptors (Lipinski definition) is 4. The van der Waals surface area contributed by atoms with Crippen LogP contribution in [0.15, 0.2) is 12.2 Å². The predicted octanol–water partition coefficient (Wildman–Crippen LogP) is 19.8. The molecule has 5 heteroatoms. The molecule has 0 aromatic rings. The van der Waals surface area contributed by atoms with Gasteiger partial charge in [0.15, 0.2) is 0 Å². The molecule has 406 valence electrons. The number of carbonyl (C=O) groups is 1. The van der Waals surface area contributed by atoms with E-state index < -0.39 is 18.2 Å². The maximum absolute atomic E-state index is 12.6. The molecule has 0 spiro atoms. The topological polar surface area (TPSA) is 89.8 Å². The number of amides is 1. The Morgan fingerprint density at radius 3 is 0.853 bits per heavy atom. The first-order valence-electron chi connectivity index (χ1n) is 31.5. The maximum atomic E-state index is 12.6. The summed E-state index contributed by atoms with van der Waals surface area (Å²) in [4.78, 5) is 12.6. The third-order valence-corrected chi connectivity index (χ3v) is 15.1. The van der Waals surface area contributed by atoms with Gasteiger partial charge in [0.2, 0.25) is 5.91 Å². The molecule has 0 saturated carbocycles. The fourth-order valence-electron chi connectivity index (χ4n) is 10.3. The van der Waals surface area contributed by atoms with E-state index in [1.54, 1.807) is 0 Å². The van der Waals surface area contributed by atoms with Crippen LogP contribution in [0.3, 0.4) is 0 Å². The van der Waals surface area contributed by atoms with E-state index in [2.05, 4.69) is 31.3 Å². The Balaban J connectivity index is 3.47. The molecule has 68 heavy (non-hydrogen) atoms. The second kappa shape index (κ2) is 58.7. The lowest BCUT2D eigenvalue weighted by molar-refractivity contribution is -0.124. The lowest BCUT2D eigenvalue weighted by Gasteiger charge is -2.26. The normalized spacial score (nSPS) is 13.2. The molecule has 0 aromatic carbocycles. The fraction of sp³-hybridized carbons (Fsp3) is 0.952. The summed E-state index contributed by atoms with van der Waals surface area (Å²) in [6.45, 7) is 4.23. The Morgan fingerprint density at radius 2 is 0.588 bits per heavy atom. The average Bonchev–Trinajstić information content (AvgIpc) is 3.34. The number of aliphatic hydroxyl groups excluding tert-OH is 3. The first kappa shape index (κ1) is 67.1. The van der Waals surface area contributed by atoms with Gasteiger partial charge in [-0.3, -0.25) is 4.79 Å². The van der Waals surface area contributed by atoms with Crippen LogP contribution in [0.5, 0.6) is 0 Å². The van der Waals surface area contributed by atoms with Crippen molar-refractivity contribution in [1.82, 2.24) is 5.32 Å². The van der Waals surface area contributed by atoms with E-state index in [0.717, 1.165) is 32.1 Å². The van der Waals surface area contributed by atoms with Crippen LogP contribution in [-0.4, -0.2) is 46.1 Å². The van der Waals surface area contributed by atoms with Gasteiger partial charge in [-0.25, -0.2) is 0 Å². The molecule has 0 aliphatic heterocycles. The van der Waals surface area contributed by atoms with E-state index in [-0.39, 0.29) is 12.5 Å². The van der Waals surface area contributed by atoms with Crippen molar-refractivity contribution in [2.24, 2.45) is 0 Å². The smallest absolute Gasteiger partial charge is 0.220 e. The van der Waals surface area contributed by atoms with Gasteiger partial charge in [0.1, 0.15) is 6.10 Å². The monoisotopic (exact) mass is 960 g/mol. The van der Waals surface area contributed by atoms with Crippen molar-refractivity contribution in [3.8, 4) is 0 Å². The summed E-state index contributed by atoms with van der Waals surface area (Å²) in [5.41, 5.74) is 0. The number of hydrogen-bond donors (Lipinski definition) is 4. The Bertz CT molecular complexity index is 971. The molecule has 0 aliphatic rings. The minimum atomic E-state index is -1.13. The average molecular weight is 961 g/mol. The number of nitrogens with one attached hydrogen (secondary N) is 1. The molecular formula is C63H125NO4. The van der Waals surface area contributed by atoms with Crippen LogP contribution in [0.2, 0.25) is 0 Å². The van der Waals surface area contributed by atoms with Crippen molar-refractivity contribution in [2.45, 2.75) is 379 Å². The van der Waals surface area contributed by atoms with E-state index in [0.29, 0.717) is 12.8 Å². The minimum absolute atomic E-state index is 0.136. The summed E-state index contributed by atoms with van der Waals surface area (Å²) < 4.78 is 0. The van der Waals surface area contributed by atoms with E-state index in [9.17, 15) is 20.1 Å². The van der Waals surface area contributed by atoms with E-state index in [1.165, 1.54) is 302 Å². The molecule has 0 aromatic heterocycles. The highest BCUT2D eigenvalue weighted by molar-refractivity contribution is 5.76. The minimum Gasteiger partial charge on any atom is -0.394 e. The van der Waals surface area contributed by atoms with E-state index in [4.69, 9.17) is 0 Å². The number of aliphatic hydroxyl groups is 3. The van der Waals surface area contributed by atoms with Gasteiger partial charge in [0, 0.05) is 6.42 Å². The van der Waals surface area contributed by atoms with Gasteiger partial charge in [0.05, 0.1) is 18.8 Å². The van der Waals surface area contributed by atoms with E-state index >= 15 is 0 Å². The largest absolute Gasteiger partial charge is 0.394 e. The zero-order chi connectivity index (χ0) is 49.3. The zero-order valence-corrected chi connectivity index (χ0v) is 46.5. The van der Waals surface area contributed by atoms with Crippen molar-refractivity contribution in [3.63, 3.8) is 0 Å². The summed E-state index contributed by atoms with van der Waals surface area (Å²) in [5, 5.41) is 33.9. The molecule has 0 rings (SSSR count). The van der Waals surface area contributed by atoms with Crippen molar-refractivity contribution >= 4 is 5.91 Å². The maximum Gasteiger partial charge on any atom is 0.220 e. The summed E-state index contributed by atoms with van der Waals surface area (Å²) in [6.07, 6.45) is 73.9. The highest BCUT2D eigenvalue weighted by Gasteiger charge is 2.26. The molecule has 5 nitrogen and oxygen atoms in total. The van der Waals surface area contributed by atoms with Gasteiger partial charge in [-0.05, 0) is 38.5 Å². The Labute approximate surface area is 427 Å². The standard InChI is InChI=1S/C63H125NO4/c1-3-5-7-9-11-13-15-17-19-21-23-25-27-28-29-30-31-32-33-34-35-36-38-40-42-44-46-48-50-52-54-56-58-62(67)64-60(59-65)63(68)61(66)57-55-53-51-49-47-45-43-41-39-37-26-24-22-20-18-16-14-12-10-8-6-4-2/h28-29,60-61,63,65-66,68H,3-27,30-59H2,1-2H3,(H,64,67)/b29-28-. The summed E-state index contributed by atoms with van der Waals surface area (Å²) in [6, 6.07) is -0.807. The van der Waals surface area contributed by atoms with Crippen LogP contribution < -0.4 is 5.32 Å². The van der Waals surface area contributed by atoms with Crippen LogP contribution in [0.4, 0.5) is 0 Å². The molecule has 0 fully saturated rings. The summed E-state index contributed by atoms with van der Waals surface area (Å²) in [7, 11) is 0. The third-order valence-electron chi connectivity index (χ3n) is 15.1. The molecule has 3 atom stereocenters. The fourth-order valence-corrected chi connectivity index (χ4v) is 10.3. The SMILES string of the molecule is CCCCCCCCCCCCCC/C=C\CCCCCCCCCCCCCCCCCCC(=O)NC(CO)C(O)C(O)CCCCCCCCCCCCCCCCCCCCCCCC. The quantitative estimate of drug-likeness (QED) is 0.0361. The van der Waals surface area contributed by atoms with Crippen LogP contribution in [0.1, 0.15) is 361 Å². The van der Waals surface area contributed by atoms with Crippen molar-refractivity contribution in [2.75, 3.05) is 6.61 Å². The number of unbranched alkanes of at least 4 members (excludes halogenated alkanes) is 49. The Morgan fingerprint density at radius 1 is 0.353 bits per heavy atom. The second-order valence-electron chi connectivity index (χ2n) is 22.0. The molecular weight excluding hydrogens is 835 g/mol. The van der Waals surface area contributed by atoms with Gasteiger partial charge in [-0.15, -0.1) is 0 Å². The molecule has 0 saturated heterocycles. The molecule has 1 amide bonds. The van der Waals surface area contributed by atoms with Crippen molar-refractivity contribution < 1.29 is 20.1 Å². The summed E-state index contributed by atoms with van der Waals surface area (Å²) >= 11 is 0. The third kappa shape index (κ3) is 52.9. The van der Waals surface area contributed by atoms with Crippen LogP contribution in [0, 0.1) is 0 Å². The molecule has 0 heterocycles. The molecule has 3 unspecified atom stereocenters.